The predicted molar refractivity (Wildman–Crippen MR) is 70.2 cm³/mol. The quantitative estimate of drug-likeness (QED) is 0.810. The maximum Gasteiger partial charge on any atom is 0.228 e. The summed E-state index contributed by atoms with van der Waals surface area (Å²) in [5.74, 6) is 1.77. The summed E-state index contributed by atoms with van der Waals surface area (Å²) in [6, 6.07) is 3.82. The Morgan fingerprint density at radius 1 is 1.39 bits per heavy atom. The highest BCUT2D eigenvalue weighted by Gasteiger charge is 2.27. The van der Waals surface area contributed by atoms with Gasteiger partial charge in [-0.05, 0) is 19.1 Å². The highest BCUT2D eigenvalue weighted by Crippen LogP contribution is 2.19. The molecule has 0 bridgehead atoms. The van der Waals surface area contributed by atoms with Crippen LogP contribution in [0.4, 0.5) is 0 Å². The van der Waals surface area contributed by atoms with E-state index in [1.54, 1.807) is 12.0 Å². The van der Waals surface area contributed by atoms with Gasteiger partial charge in [0.15, 0.2) is 0 Å². The lowest BCUT2D eigenvalue weighted by Gasteiger charge is -2.28. The number of methoxy groups -OCH3 is 1. The Labute approximate surface area is 109 Å². The molecule has 1 heterocycles. The van der Waals surface area contributed by atoms with Gasteiger partial charge in [0.1, 0.15) is 11.5 Å². The lowest BCUT2D eigenvalue weighted by molar-refractivity contribution is -0.141. The van der Waals surface area contributed by atoms with Crippen LogP contribution in [0.3, 0.4) is 0 Å². The van der Waals surface area contributed by atoms with Crippen LogP contribution in [0.15, 0.2) is 16.5 Å². The summed E-state index contributed by atoms with van der Waals surface area (Å²) in [6.07, 6.45) is 0. The molecule has 1 aromatic rings. The van der Waals surface area contributed by atoms with Gasteiger partial charge in [-0.2, -0.15) is 0 Å². The molecule has 4 heteroatoms. The number of nitrogens with zero attached hydrogens (tertiary/aromatic N) is 1. The van der Waals surface area contributed by atoms with Gasteiger partial charge in [-0.1, -0.05) is 20.8 Å². The second kappa shape index (κ2) is 6.05. The molecule has 1 aromatic heterocycles. The Morgan fingerprint density at radius 3 is 2.50 bits per heavy atom. The maximum atomic E-state index is 12.3. The molecule has 0 N–H and O–H groups in total. The van der Waals surface area contributed by atoms with Crippen molar-refractivity contribution < 1.29 is 13.9 Å². The Hall–Kier alpha value is -1.29. The first-order valence-electron chi connectivity index (χ1n) is 6.18. The highest BCUT2D eigenvalue weighted by molar-refractivity contribution is 5.81. The molecule has 18 heavy (non-hydrogen) atoms. The smallest absolute Gasteiger partial charge is 0.228 e. The molecular weight excluding hydrogens is 230 g/mol. The van der Waals surface area contributed by atoms with Gasteiger partial charge in [0.2, 0.25) is 5.91 Å². The van der Waals surface area contributed by atoms with Gasteiger partial charge in [-0.3, -0.25) is 4.79 Å². The number of hydrogen-bond acceptors (Lipinski definition) is 3. The van der Waals surface area contributed by atoms with Crippen LogP contribution in [-0.4, -0.2) is 31.1 Å². The molecule has 0 radical (unpaired) electrons. The average molecular weight is 253 g/mol. The van der Waals surface area contributed by atoms with Gasteiger partial charge >= 0.3 is 0 Å². The van der Waals surface area contributed by atoms with E-state index in [4.69, 9.17) is 9.15 Å². The number of carbonyl (C=O) groups excluding carboxylic acids is 1. The largest absolute Gasteiger partial charge is 0.464 e. The van der Waals surface area contributed by atoms with E-state index in [-0.39, 0.29) is 5.91 Å². The van der Waals surface area contributed by atoms with Crippen LogP contribution in [0, 0.1) is 12.3 Å². The van der Waals surface area contributed by atoms with Crippen molar-refractivity contribution in [1.82, 2.24) is 4.90 Å². The summed E-state index contributed by atoms with van der Waals surface area (Å²) in [4.78, 5) is 14.1. The van der Waals surface area contributed by atoms with Crippen LogP contribution in [0.2, 0.25) is 0 Å². The molecule has 0 aromatic carbocycles. The summed E-state index contributed by atoms with van der Waals surface area (Å²) < 4.78 is 10.6. The van der Waals surface area contributed by atoms with Crippen LogP contribution in [-0.2, 0) is 16.1 Å². The number of aryl methyl sites for hydroxylation is 1. The Balaban J connectivity index is 2.75. The van der Waals surface area contributed by atoms with Crippen molar-refractivity contribution >= 4 is 5.91 Å². The summed E-state index contributed by atoms with van der Waals surface area (Å²) in [5, 5.41) is 0. The molecule has 0 saturated heterocycles. The number of furan rings is 1. The van der Waals surface area contributed by atoms with Crippen LogP contribution in [0.25, 0.3) is 0 Å². The van der Waals surface area contributed by atoms with Gasteiger partial charge in [-0.15, -0.1) is 0 Å². The van der Waals surface area contributed by atoms with Gasteiger partial charge in [0, 0.05) is 19.1 Å². The number of rotatable bonds is 5. The first-order chi connectivity index (χ1) is 8.34. The average Bonchev–Trinajstić information content (AvgIpc) is 2.68. The van der Waals surface area contributed by atoms with E-state index in [2.05, 4.69) is 0 Å². The minimum atomic E-state index is -0.393. The first kappa shape index (κ1) is 14.8. The molecule has 1 amide bonds. The normalized spacial score (nSPS) is 11.6. The van der Waals surface area contributed by atoms with Crippen molar-refractivity contribution in [3.8, 4) is 0 Å². The molecule has 0 aliphatic heterocycles. The molecule has 0 fully saturated rings. The molecule has 0 aliphatic carbocycles. The molecule has 0 spiro atoms. The zero-order chi connectivity index (χ0) is 13.8. The zero-order valence-electron chi connectivity index (χ0n) is 11.9. The molecule has 0 atom stereocenters. The monoisotopic (exact) mass is 253 g/mol. The summed E-state index contributed by atoms with van der Waals surface area (Å²) in [5.41, 5.74) is -0.393. The third-order valence-corrected chi connectivity index (χ3v) is 2.64. The zero-order valence-corrected chi connectivity index (χ0v) is 11.9. The summed E-state index contributed by atoms with van der Waals surface area (Å²) >= 11 is 0. The molecule has 102 valence electrons. The molecule has 1 rings (SSSR count). The van der Waals surface area contributed by atoms with E-state index < -0.39 is 5.41 Å². The number of carbonyl (C=O) groups is 1. The van der Waals surface area contributed by atoms with Crippen molar-refractivity contribution in [2.45, 2.75) is 34.2 Å². The molecule has 0 saturated carbocycles. The summed E-state index contributed by atoms with van der Waals surface area (Å²) in [6.45, 7) is 9.25. The van der Waals surface area contributed by atoms with Crippen molar-refractivity contribution in [3.63, 3.8) is 0 Å². The van der Waals surface area contributed by atoms with Crippen molar-refractivity contribution in [2.75, 3.05) is 20.3 Å². The second-order valence-electron chi connectivity index (χ2n) is 5.48. The lowest BCUT2D eigenvalue weighted by atomic mass is 9.94. The van der Waals surface area contributed by atoms with E-state index in [1.165, 1.54) is 0 Å². The van der Waals surface area contributed by atoms with Gasteiger partial charge in [0.05, 0.1) is 13.2 Å². The summed E-state index contributed by atoms with van der Waals surface area (Å²) in [7, 11) is 1.64. The van der Waals surface area contributed by atoms with Crippen LogP contribution < -0.4 is 0 Å². The SMILES string of the molecule is COCCN(Cc1ccc(C)o1)C(=O)C(C)(C)C. The van der Waals surface area contributed by atoms with Crippen LogP contribution in [0.1, 0.15) is 32.3 Å². The number of hydrogen-bond donors (Lipinski definition) is 0. The van der Waals surface area contributed by atoms with E-state index in [1.807, 2.05) is 39.8 Å². The van der Waals surface area contributed by atoms with Crippen molar-refractivity contribution in [3.05, 3.63) is 23.7 Å². The highest BCUT2D eigenvalue weighted by atomic mass is 16.5. The van der Waals surface area contributed by atoms with Crippen LogP contribution >= 0.6 is 0 Å². The van der Waals surface area contributed by atoms with E-state index >= 15 is 0 Å². The van der Waals surface area contributed by atoms with E-state index in [9.17, 15) is 4.79 Å². The molecule has 0 unspecified atom stereocenters. The Bertz CT molecular complexity index is 390. The van der Waals surface area contributed by atoms with Crippen molar-refractivity contribution in [2.24, 2.45) is 5.41 Å². The van der Waals surface area contributed by atoms with Gasteiger partial charge in [0.25, 0.3) is 0 Å². The van der Waals surface area contributed by atoms with Gasteiger partial charge < -0.3 is 14.1 Å². The fraction of sp³-hybridized carbons (Fsp3) is 0.643. The van der Waals surface area contributed by atoms with E-state index in [0.29, 0.717) is 19.7 Å². The third kappa shape index (κ3) is 4.18. The first-order valence-corrected chi connectivity index (χ1v) is 6.18. The number of amides is 1. The topological polar surface area (TPSA) is 42.7 Å². The second-order valence-corrected chi connectivity index (χ2v) is 5.48. The maximum absolute atomic E-state index is 12.3. The standard InChI is InChI=1S/C14H23NO3/c1-11-6-7-12(18-11)10-15(8-9-17-5)13(16)14(2,3)4/h6-7H,8-10H2,1-5H3. The Morgan fingerprint density at radius 2 is 2.06 bits per heavy atom. The Kier molecular flexibility index (Phi) is 4.96. The molecular formula is C14H23NO3. The minimum Gasteiger partial charge on any atom is -0.464 e. The van der Waals surface area contributed by atoms with Crippen LogP contribution in [0.5, 0.6) is 0 Å². The fourth-order valence-electron chi connectivity index (χ4n) is 1.69. The minimum absolute atomic E-state index is 0.105. The molecule has 0 aliphatic rings. The third-order valence-electron chi connectivity index (χ3n) is 2.64. The molecule has 4 nitrogen and oxygen atoms in total. The predicted octanol–water partition coefficient (Wildman–Crippen LogP) is 2.61. The van der Waals surface area contributed by atoms with Crippen molar-refractivity contribution in [1.29, 1.82) is 0 Å². The van der Waals surface area contributed by atoms with E-state index in [0.717, 1.165) is 11.5 Å². The lowest BCUT2D eigenvalue weighted by Crippen LogP contribution is -2.40. The fourth-order valence-corrected chi connectivity index (χ4v) is 1.69. The number of ether oxygens (including phenoxy) is 1. The van der Waals surface area contributed by atoms with Gasteiger partial charge in [-0.25, -0.2) is 0 Å².